The summed E-state index contributed by atoms with van der Waals surface area (Å²) in [7, 11) is 1.98. The first kappa shape index (κ1) is 19.7. The lowest BCUT2D eigenvalue weighted by atomic mass is 10.1. The second-order valence-corrected chi connectivity index (χ2v) is 7.65. The molecule has 0 spiro atoms. The van der Waals surface area contributed by atoms with Gasteiger partial charge in [-0.05, 0) is 18.6 Å². The highest BCUT2D eigenvalue weighted by molar-refractivity contribution is 7.16. The van der Waals surface area contributed by atoms with Crippen LogP contribution in [0.4, 0.5) is 0 Å². The minimum atomic E-state index is 0.0143. The summed E-state index contributed by atoms with van der Waals surface area (Å²) in [5, 5.41) is 4.28. The Hall–Kier alpha value is -1.62. The average molecular weight is 362 g/mol. The minimum absolute atomic E-state index is 0.0143. The Balaban J connectivity index is 1.64. The van der Waals surface area contributed by atoms with Crippen LogP contribution in [0.3, 0.4) is 0 Å². The minimum Gasteiger partial charge on any atom is -0.318 e. The summed E-state index contributed by atoms with van der Waals surface area (Å²) in [4.78, 5) is 12.8. The molecular weight excluding hydrogens is 330 g/mol. The van der Waals surface area contributed by atoms with Crippen LogP contribution in [0.1, 0.15) is 71.1 Å². The number of carbonyl (C=O) groups is 1. The van der Waals surface area contributed by atoms with Gasteiger partial charge < -0.3 is 4.57 Å². The van der Waals surface area contributed by atoms with E-state index in [1.165, 1.54) is 49.6 Å². The zero-order valence-electron chi connectivity index (χ0n) is 15.6. The molecule has 0 aliphatic heterocycles. The summed E-state index contributed by atoms with van der Waals surface area (Å²) in [5.41, 5.74) is 3.84. The van der Waals surface area contributed by atoms with E-state index in [0.717, 1.165) is 23.2 Å². The van der Waals surface area contributed by atoms with E-state index in [2.05, 4.69) is 29.6 Å². The molecule has 1 amide bonds. The fourth-order valence-corrected chi connectivity index (χ4v) is 3.93. The predicted octanol–water partition coefficient (Wildman–Crippen LogP) is 5.09. The van der Waals surface area contributed by atoms with E-state index in [1.54, 1.807) is 11.3 Å². The third kappa shape index (κ3) is 6.65. The van der Waals surface area contributed by atoms with Crippen LogP contribution in [0.25, 0.3) is 10.2 Å². The van der Waals surface area contributed by atoms with Gasteiger partial charge in [-0.2, -0.15) is 0 Å². The van der Waals surface area contributed by atoms with Crippen LogP contribution >= 0.6 is 11.3 Å². The van der Waals surface area contributed by atoms with Crippen molar-refractivity contribution in [3.8, 4) is 0 Å². The van der Waals surface area contributed by atoms with Gasteiger partial charge in [0.15, 0.2) is 0 Å². The zero-order valence-corrected chi connectivity index (χ0v) is 16.4. The van der Waals surface area contributed by atoms with Crippen LogP contribution in [-0.2, 0) is 11.8 Å². The van der Waals surface area contributed by atoms with Crippen molar-refractivity contribution in [2.75, 3.05) is 0 Å². The van der Waals surface area contributed by atoms with Crippen molar-refractivity contribution < 1.29 is 4.79 Å². The van der Waals surface area contributed by atoms with Gasteiger partial charge in [-0.1, -0.05) is 81.8 Å². The predicted molar refractivity (Wildman–Crippen MR) is 106 cm³/mol. The maximum absolute atomic E-state index is 11.9. The lowest BCUT2D eigenvalue weighted by Gasteiger charge is -2.02. The fourth-order valence-electron chi connectivity index (χ4n) is 2.95. The summed E-state index contributed by atoms with van der Waals surface area (Å²) in [5.74, 6) is 0.0143. The van der Waals surface area contributed by atoms with Crippen molar-refractivity contribution in [3.05, 3.63) is 29.1 Å². The number of hydrogen-bond acceptors (Lipinski definition) is 3. The molecule has 0 radical (unpaired) electrons. The molecule has 25 heavy (non-hydrogen) atoms. The molecule has 0 aliphatic rings. The molecule has 0 aliphatic carbocycles. The van der Waals surface area contributed by atoms with E-state index in [1.807, 2.05) is 23.7 Å². The first-order valence-corrected chi connectivity index (χ1v) is 10.4. The number of thiazole rings is 1. The summed E-state index contributed by atoms with van der Waals surface area (Å²) in [6.07, 6.45) is 11.9. The first-order chi connectivity index (χ1) is 12.2. The maximum Gasteiger partial charge on any atom is 0.240 e. The van der Waals surface area contributed by atoms with Gasteiger partial charge in [0.1, 0.15) is 0 Å². The third-order valence-corrected chi connectivity index (χ3v) is 5.61. The van der Waals surface area contributed by atoms with Crippen LogP contribution in [0.15, 0.2) is 29.4 Å². The normalized spacial score (nSPS) is 12.0. The number of aromatic nitrogens is 1. The number of rotatable bonds is 11. The van der Waals surface area contributed by atoms with Crippen molar-refractivity contribution in [2.45, 2.75) is 71.1 Å². The van der Waals surface area contributed by atoms with Crippen LogP contribution in [0, 0.1) is 0 Å². The number of nitrogens with one attached hydrogen (secondary N) is 1. The number of carbonyl (C=O) groups excluding carboxylic acids is 1. The molecular formula is C20H31N3OS. The van der Waals surface area contributed by atoms with E-state index in [-0.39, 0.29) is 5.91 Å². The van der Waals surface area contributed by atoms with E-state index in [0.29, 0.717) is 6.42 Å². The number of fused-ring (bicyclic) bond motifs is 1. The molecule has 1 aromatic heterocycles. The Bertz CT molecular complexity index is 717. The van der Waals surface area contributed by atoms with Crippen LogP contribution in [0.5, 0.6) is 0 Å². The Morgan fingerprint density at radius 2 is 1.68 bits per heavy atom. The van der Waals surface area contributed by atoms with Gasteiger partial charge in [0, 0.05) is 13.5 Å². The molecule has 2 rings (SSSR count). The molecule has 0 saturated carbocycles. The highest BCUT2D eigenvalue weighted by Crippen LogP contribution is 2.15. The standard InChI is InChI=1S/C20H31N3OS/c1-3-4-5-6-7-8-9-10-11-16-19(24)21-22-20-23(2)17-14-12-13-15-18(17)25-20/h12-15H,3-11,16H2,1-2H3,(H,21,24)/b22-20-. The lowest BCUT2D eigenvalue weighted by molar-refractivity contribution is -0.121. The quantitative estimate of drug-likeness (QED) is 0.439. The topological polar surface area (TPSA) is 46.4 Å². The van der Waals surface area contributed by atoms with Gasteiger partial charge in [-0.15, -0.1) is 5.10 Å². The van der Waals surface area contributed by atoms with Crippen molar-refractivity contribution in [2.24, 2.45) is 12.1 Å². The van der Waals surface area contributed by atoms with Crippen molar-refractivity contribution in [1.82, 2.24) is 9.99 Å². The van der Waals surface area contributed by atoms with Crippen molar-refractivity contribution >= 4 is 27.5 Å². The third-order valence-electron chi connectivity index (χ3n) is 4.50. The molecule has 0 unspecified atom stereocenters. The molecule has 138 valence electrons. The molecule has 0 atom stereocenters. The van der Waals surface area contributed by atoms with Gasteiger partial charge >= 0.3 is 0 Å². The number of amides is 1. The van der Waals surface area contributed by atoms with Crippen molar-refractivity contribution in [3.63, 3.8) is 0 Å². The Morgan fingerprint density at radius 1 is 1.04 bits per heavy atom. The lowest BCUT2D eigenvalue weighted by Crippen LogP contribution is -2.22. The molecule has 4 nitrogen and oxygen atoms in total. The molecule has 0 bridgehead atoms. The van der Waals surface area contributed by atoms with Crippen LogP contribution in [0.2, 0.25) is 0 Å². The molecule has 1 N–H and O–H groups in total. The van der Waals surface area contributed by atoms with Gasteiger partial charge in [0.25, 0.3) is 0 Å². The number of unbranched alkanes of at least 4 members (excludes halogenated alkanes) is 8. The van der Waals surface area contributed by atoms with Crippen molar-refractivity contribution in [1.29, 1.82) is 0 Å². The number of benzene rings is 1. The van der Waals surface area contributed by atoms with Gasteiger partial charge in [-0.3, -0.25) is 4.79 Å². The number of aryl methyl sites for hydroxylation is 1. The summed E-state index contributed by atoms with van der Waals surface area (Å²) in [6, 6.07) is 8.17. The SMILES string of the molecule is CCCCCCCCCCCC(=O)N/N=c1\sc2ccccc2n1C. The molecule has 0 saturated heterocycles. The van der Waals surface area contributed by atoms with Gasteiger partial charge in [0.05, 0.1) is 10.2 Å². The van der Waals surface area contributed by atoms with E-state index < -0.39 is 0 Å². The number of hydrogen-bond donors (Lipinski definition) is 1. The van der Waals surface area contributed by atoms with Gasteiger partial charge in [0.2, 0.25) is 10.7 Å². The Morgan fingerprint density at radius 3 is 2.36 bits per heavy atom. The number of nitrogens with zero attached hydrogens (tertiary/aromatic N) is 2. The van der Waals surface area contributed by atoms with Gasteiger partial charge in [-0.25, -0.2) is 5.43 Å². The Kier molecular flexibility index (Phi) is 8.73. The second kappa shape index (κ2) is 11.1. The first-order valence-electron chi connectivity index (χ1n) is 9.59. The monoisotopic (exact) mass is 361 g/mol. The fraction of sp³-hybridized carbons (Fsp3) is 0.600. The average Bonchev–Trinajstić information content (AvgIpc) is 2.95. The molecule has 2 aromatic rings. The highest BCUT2D eigenvalue weighted by Gasteiger charge is 2.03. The summed E-state index contributed by atoms with van der Waals surface area (Å²) < 4.78 is 3.19. The second-order valence-electron chi connectivity index (χ2n) is 6.64. The smallest absolute Gasteiger partial charge is 0.240 e. The van der Waals surface area contributed by atoms with Crippen LogP contribution in [-0.4, -0.2) is 10.5 Å². The largest absolute Gasteiger partial charge is 0.318 e. The highest BCUT2D eigenvalue weighted by atomic mass is 32.1. The van der Waals surface area contributed by atoms with E-state index in [4.69, 9.17) is 0 Å². The van der Waals surface area contributed by atoms with E-state index >= 15 is 0 Å². The van der Waals surface area contributed by atoms with E-state index in [9.17, 15) is 4.79 Å². The Labute approximate surface area is 155 Å². The van der Waals surface area contributed by atoms with Crippen LogP contribution < -0.4 is 10.2 Å². The summed E-state index contributed by atoms with van der Waals surface area (Å²) >= 11 is 1.59. The maximum atomic E-state index is 11.9. The molecule has 5 heteroatoms. The summed E-state index contributed by atoms with van der Waals surface area (Å²) in [6.45, 7) is 2.25. The molecule has 0 fully saturated rings. The molecule has 1 aromatic carbocycles. The number of para-hydroxylation sites is 1. The zero-order chi connectivity index (χ0) is 17.9. The molecule has 1 heterocycles.